The van der Waals surface area contributed by atoms with Crippen molar-refractivity contribution in [2.45, 2.75) is 86.3 Å². The number of hydrogen-bond acceptors (Lipinski definition) is 13. The van der Waals surface area contributed by atoms with Gasteiger partial charge in [-0.2, -0.15) is 8.91 Å². The average Bonchev–Trinajstić information content (AvgIpc) is 3.33. The maximum absolute atomic E-state index is 11.9. The van der Waals surface area contributed by atoms with Crippen LogP contribution in [0, 0.1) is 0 Å². The van der Waals surface area contributed by atoms with Crippen molar-refractivity contribution in [3.63, 3.8) is 0 Å². The van der Waals surface area contributed by atoms with Crippen molar-refractivity contribution >= 4 is 53.8 Å². The third-order valence-electron chi connectivity index (χ3n) is 9.17. The number of nitrogens with zero attached hydrogens (tertiary/aromatic N) is 1. The minimum Gasteiger partial charge on any atom is -0.748 e. The summed E-state index contributed by atoms with van der Waals surface area (Å²) in [5, 5.41) is 13.9. The molecule has 2 aliphatic rings. The van der Waals surface area contributed by atoms with Crippen LogP contribution in [0.25, 0.3) is 0 Å². The zero-order chi connectivity index (χ0) is 36.4. The van der Waals surface area contributed by atoms with Crippen molar-refractivity contribution in [1.82, 2.24) is 0 Å². The number of rotatable bonds is 16. The van der Waals surface area contributed by atoms with E-state index in [1.807, 2.05) is 62.6 Å². The molecule has 1 aliphatic heterocycles. The summed E-state index contributed by atoms with van der Waals surface area (Å²) in [6.07, 6.45) is 7.35. The molecule has 0 N–H and O–H groups in total. The first-order chi connectivity index (χ1) is 22.7. The van der Waals surface area contributed by atoms with Crippen molar-refractivity contribution in [3.05, 3.63) is 76.9 Å². The van der Waals surface area contributed by atoms with Gasteiger partial charge in [-0.15, -0.1) is 0 Å². The summed E-state index contributed by atoms with van der Waals surface area (Å²) in [6.45, 7) is 8.26. The van der Waals surface area contributed by atoms with Crippen LogP contribution in [0.3, 0.4) is 0 Å². The maximum Gasteiger partial charge on any atom is 1.00 e. The SMILES string of the molecule is CC1(C)C(=CC=CC2=[N+](CCCCS(=O)(=O)[O-])c3ccc(SOO[O-])cc3C2(C)C)C(CCCCS(=O)(=O)[O-])c2ccc(S(=O)(=O)[O-])cc21.[K+].[K+].[Na+]. The Labute approximate surface area is 418 Å². The Morgan fingerprint density at radius 1 is 0.827 bits per heavy atom. The Hall–Kier alpha value is 1.82. The number of benzene rings is 2. The second-order valence-electron chi connectivity index (χ2n) is 13.1. The fourth-order valence-corrected chi connectivity index (χ4v) is 8.86. The summed E-state index contributed by atoms with van der Waals surface area (Å²) >= 11 is 0.755. The van der Waals surface area contributed by atoms with Gasteiger partial charge in [0, 0.05) is 51.9 Å². The minimum atomic E-state index is -4.72. The molecule has 0 fully saturated rings. The number of hydrogen-bond donors (Lipinski definition) is 0. The monoisotopic (exact) mass is 857 g/mol. The normalized spacial score (nSPS) is 18.5. The fraction of sp³-hybridized carbons (Fsp3) is 0.469. The number of unbranched alkanes of at least 4 members (excludes halogenated alkanes) is 2. The molecule has 1 atom stereocenters. The Kier molecular flexibility index (Phi) is 21.1. The van der Waals surface area contributed by atoms with E-state index < -0.39 is 52.7 Å². The Morgan fingerprint density at radius 2 is 1.44 bits per heavy atom. The van der Waals surface area contributed by atoms with Gasteiger partial charge in [-0.25, -0.2) is 25.3 Å². The number of fused-ring (bicyclic) bond motifs is 2. The fourth-order valence-electron chi connectivity index (χ4n) is 6.85. The molecule has 2 aromatic rings. The van der Waals surface area contributed by atoms with E-state index >= 15 is 0 Å². The number of allylic oxidation sites excluding steroid dienone is 4. The standard InChI is InChI=1S/C32H41NO12S4.2K.Na/c1-31(2)26(24(10-5-7-18-47(35,36)37)25-15-14-23(21-27(25)31)49(41,42)43)11-9-12-30-32(3,4)28-20-22(46-45-44-34)13-16-29(28)33(30)17-6-8-19-48(38,39)40;;;/h9,11-16,20-21,24H,5-8,10,17-19H2,1-4H3,(H3-,34,35,36,37,38,39,40,41,42,43);;;/q;3*+1/p-3. The van der Waals surface area contributed by atoms with Gasteiger partial charge in [-0.1, -0.05) is 44.1 Å². The molecular weight excluding hydrogens is 820 g/mol. The van der Waals surface area contributed by atoms with Crippen LogP contribution in [0.4, 0.5) is 5.69 Å². The van der Waals surface area contributed by atoms with Gasteiger partial charge in [-0.05, 0) is 68.5 Å². The van der Waals surface area contributed by atoms with Gasteiger partial charge in [0.25, 0.3) is 0 Å². The van der Waals surface area contributed by atoms with Crippen LogP contribution in [-0.2, 0) is 50.6 Å². The molecule has 2 aromatic carbocycles. The van der Waals surface area contributed by atoms with Crippen molar-refractivity contribution in [2.75, 3.05) is 18.1 Å². The van der Waals surface area contributed by atoms with Gasteiger partial charge in [0.15, 0.2) is 5.71 Å². The summed E-state index contributed by atoms with van der Waals surface area (Å²) in [7, 11) is -13.5. The second-order valence-corrected chi connectivity index (χ2v) is 18.3. The molecular formula is C32H38K2NNaO12S4. The zero-order valence-electron chi connectivity index (χ0n) is 30.4. The molecule has 270 valence electrons. The molecule has 0 aromatic heterocycles. The van der Waals surface area contributed by atoms with Crippen molar-refractivity contribution in [2.24, 2.45) is 0 Å². The van der Waals surface area contributed by atoms with Crippen LogP contribution >= 0.6 is 12.0 Å². The Morgan fingerprint density at radius 3 is 2.02 bits per heavy atom. The summed E-state index contributed by atoms with van der Waals surface area (Å²) in [6, 6.07) is 9.76. The third-order valence-corrected chi connectivity index (χ3v) is 12.2. The molecule has 1 heterocycles. The quantitative estimate of drug-likeness (QED) is 0.0294. The Balaban J connectivity index is 0.00000451. The van der Waals surface area contributed by atoms with Crippen LogP contribution in [0.2, 0.25) is 0 Å². The van der Waals surface area contributed by atoms with Crippen molar-refractivity contribution in [3.8, 4) is 0 Å². The van der Waals surface area contributed by atoms with Crippen LogP contribution in [0.1, 0.15) is 82.4 Å². The largest absolute Gasteiger partial charge is 1.00 e. The molecule has 1 unspecified atom stereocenters. The van der Waals surface area contributed by atoms with Crippen molar-refractivity contribution in [1.29, 1.82) is 0 Å². The first kappa shape index (κ1) is 51.8. The van der Waals surface area contributed by atoms with Crippen LogP contribution < -0.4 is 138 Å². The molecule has 0 bridgehead atoms. The molecule has 0 spiro atoms. The summed E-state index contributed by atoms with van der Waals surface area (Å²) in [5.41, 5.74) is 3.69. The Bertz CT molecular complexity index is 2020. The second kappa shape index (κ2) is 21.2. The molecule has 0 amide bonds. The molecule has 4 rings (SSSR count). The minimum absolute atomic E-state index is 0. The van der Waals surface area contributed by atoms with Crippen LogP contribution in [0.5, 0.6) is 0 Å². The molecule has 13 nitrogen and oxygen atoms in total. The van der Waals surface area contributed by atoms with E-state index in [2.05, 4.69) is 9.37 Å². The third kappa shape index (κ3) is 13.4. The summed E-state index contributed by atoms with van der Waals surface area (Å²) in [4.78, 5) is 0.267. The molecule has 20 heteroatoms. The maximum atomic E-state index is 11.9. The molecule has 0 saturated heterocycles. The van der Waals surface area contributed by atoms with E-state index in [-0.39, 0.29) is 156 Å². The van der Waals surface area contributed by atoms with E-state index in [4.69, 9.17) is 0 Å². The van der Waals surface area contributed by atoms with Crippen molar-refractivity contribution < 1.29 is 190 Å². The van der Waals surface area contributed by atoms with Gasteiger partial charge in [0.05, 0.1) is 42.6 Å². The molecule has 52 heavy (non-hydrogen) atoms. The van der Waals surface area contributed by atoms with Gasteiger partial charge in [0.1, 0.15) is 16.7 Å². The topological polar surface area (TPSA) is 216 Å². The zero-order valence-corrected chi connectivity index (χ0v) is 41.9. The molecule has 0 radical (unpaired) electrons. The first-order valence-electron chi connectivity index (χ1n) is 15.5. The van der Waals surface area contributed by atoms with E-state index in [1.165, 1.54) is 12.1 Å². The van der Waals surface area contributed by atoms with Gasteiger partial charge in [-0.3, -0.25) is 5.04 Å². The molecule has 0 saturated carbocycles. The molecule has 1 aliphatic carbocycles. The van der Waals surface area contributed by atoms with Crippen LogP contribution in [0.15, 0.2) is 70.0 Å². The van der Waals surface area contributed by atoms with E-state index in [9.17, 15) is 44.2 Å². The van der Waals surface area contributed by atoms with E-state index in [0.29, 0.717) is 36.3 Å². The van der Waals surface area contributed by atoms with E-state index in [0.717, 1.165) is 40.1 Å². The van der Waals surface area contributed by atoms with E-state index in [1.54, 1.807) is 12.1 Å². The predicted molar refractivity (Wildman–Crippen MR) is 177 cm³/mol. The van der Waals surface area contributed by atoms with Crippen LogP contribution in [-0.4, -0.2) is 67.2 Å². The smallest absolute Gasteiger partial charge is 0.748 e. The summed E-state index contributed by atoms with van der Waals surface area (Å²) < 4.78 is 109. The average molecular weight is 858 g/mol. The first-order valence-corrected chi connectivity index (χ1v) is 20.8. The van der Waals surface area contributed by atoms with Gasteiger partial charge >= 0.3 is 132 Å². The van der Waals surface area contributed by atoms with Gasteiger partial charge in [0.2, 0.25) is 5.69 Å². The van der Waals surface area contributed by atoms with Gasteiger partial charge < -0.3 is 18.9 Å². The predicted octanol–water partition coefficient (Wildman–Crippen LogP) is -5.19. The summed E-state index contributed by atoms with van der Waals surface area (Å²) in [5.74, 6) is -1.23.